The maximum atomic E-state index is 5.63. The Bertz CT molecular complexity index is 354. The first-order valence-corrected chi connectivity index (χ1v) is 5.44. The molecule has 1 N–H and O–H groups in total. The molecule has 2 rings (SSSR count). The molecule has 0 bridgehead atoms. The predicted molar refractivity (Wildman–Crippen MR) is 58.5 cm³/mol. The van der Waals surface area contributed by atoms with Crippen molar-refractivity contribution in [2.45, 2.75) is 26.3 Å². The number of ether oxygens (including phenoxy) is 1. The minimum absolute atomic E-state index is 0.0752. The van der Waals surface area contributed by atoms with E-state index in [1.807, 2.05) is 19.1 Å². The summed E-state index contributed by atoms with van der Waals surface area (Å²) in [5.41, 5.74) is 0. The molecule has 1 aromatic rings. The van der Waals surface area contributed by atoms with Crippen LogP contribution in [0.3, 0.4) is 0 Å². The van der Waals surface area contributed by atoms with E-state index in [4.69, 9.17) is 9.15 Å². The van der Waals surface area contributed by atoms with Crippen LogP contribution in [0.5, 0.6) is 0 Å². The van der Waals surface area contributed by atoms with Gasteiger partial charge in [-0.05, 0) is 31.7 Å². The standard InChI is InChI=1S/C12H17NO2/c1-3-13-12(10-5-4-8-14-10)11-7-6-9(2)15-11/h5-7,12-13H,3-4,8H2,1-2H3. The fourth-order valence-corrected chi connectivity index (χ4v) is 1.79. The molecule has 0 saturated carbocycles. The summed E-state index contributed by atoms with van der Waals surface area (Å²) in [7, 11) is 0. The highest BCUT2D eigenvalue weighted by molar-refractivity contribution is 5.20. The van der Waals surface area contributed by atoms with E-state index >= 15 is 0 Å². The van der Waals surface area contributed by atoms with Crippen molar-refractivity contribution in [1.29, 1.82) is 0 Å². The highest BCUT2D eigenvalue weighted by atomic mass is 16.5. The molecule has 0 saturated heterocycles. The van der Waals surface area contributed by atoms with Gasteiger partial charge in [-0.25, -0.2) is 0 Å². The first-order valence-electron chi connectivity index (χ1n) is 5.44. The summed E-state index contributed by atoms with van der Waals surface area (Å²) in [4.78, 5) is 0. The molecule has 15 heavy (non-hydrogen) atoms. The van der Waals surface area contributed by atoms with Crippen LogP contribution in [0, 0.1) is 6.92 Å². The predicted octanol–water partition coefficient (Wildman–Crippen LogP) is 2.54. The average Bonchev–Trinajstić information content (AvgIpc) is 2.85. The molecular weight excluding hydrogens is 190 g/mol. The number of likely N-dealkylation sites (N-methyl/N-ethyl adjacent to an activating group) is 1. The van der Waals surface area contributed by atoms with Crippen molar-refractivity contribution >= 4 is 0 Å². The number of aryl methyl sites for hydroxylation is 1. The lowest BCUT2D eigenvalue weighted by Crippen LogP contribution is -2.22. The Hall–Kier alpha value is -1.22. The highest BCUT2D eigenvalue weighted by Gasteiger charge is 2.22. The summed E-state index contributed by atoms with van der Waals surface area (Å²) < 4.78 is 11.2. The van der Waals surface area contributed by atoms with Gasteiger partial charge in [0.1, 0.15) is 23.3 Å². The molecule has 1 aliphatic rings. The van der Waals surface area contributed by atoms with E-state index in [9.17, 15) is 0 Å². The van der Waals surface area contributed by atoms with Crippen LogP contribution in [0.25, 0.3) is 0 Å². The SMILES string of the molecule is CCNC(C1=CCCO1)c1ccc(C)o1. The van der Waals surface area contributed by atoms with Crippen molar-refractivity contribution in [1.82, 2.24) is 5.32 Å². The number of rotatable bonds is 4. The number of hydrogen-bond acceptors (Lipinski definition) is 3. The smallest absolute Gasteiger partial charge is 0.128 e. The van der Waals surface area contributed by atoms with Gasteiger partial charge in [-0.15, -0.1) is 0 Å². The Morgan fingerprint density at radius 2 is 2.33 bits per heavy atom. The molecule has 0 fully saturated rings. The van der Waals surface area contributed by atoms with Gasteiger partial charge in [0.25, 0.3) is 0 Å². The summed E-state index contributed by atoms with van der Waals surface area (Å²) in [6, 6.07) is 4.06. The number of furan rings is 1. The van der Waals surface area contributed by atoms with Gasteiger partial charge in [-0.2, -0.15) is 0 Å². The number of hydrogen-bond donors (Lipinski definition) is 1. The van der Waals surface area contributed by atoms with Crippen LogP contribution in [0.15, 0.2) is 28.4 Å². The summed E-state index contributed by atoms with van der Waals surface area (Å²) in [6.45, 7) is 5.72. The van der Waals surface area contributed by atoms with E-state index in [0.717, 1.165) is 36.9 Å². The third-order valence-corrected chi connectivity index (χ3v) is 2.47. The summed E-state index contributed by atoms with van der Waals surface area (Å²) in [5.74, 6) is 2.86. The van der Waals surface area contributed by atoms with E-state index in [1.54, 1.807) is 0 Å². The van der Waals surface area contributed by atoms with Gasteiger partial charge < -0.3 is 14.5 Å². The lowest BCUT2D eigenvalue weighted by atomic mass is 10.1. The average molecular weight is 207 g/mol. The van der Waals surface area contributed by atoms with Crippen molar-refractivity contribution < 1.29 is 9.15 Å². The van der Waals surface area contributed by atoms with Crippen LogP contribution in [-0.2, 0) is 4.74 Å². The van der Waals surface area contributed by atoms with Gasteiger partial charge in [-0.3, -0.25) is 0 Å². The van der Waals surface area contributed by atoms with Crippen LogP contribution in [0.2, 0.25) is 0 Å². The Labute approximate surface area is 90.1 Å². The molecule has 3 heteroatoms. The summed E-state index contributed by atoms with van der Waals surface area (Å²) in [6.07, 6.45) is 3.13. The van der Waals surface area contributed by atoms with Crippen molar-refractivity contribution in [3.8, 4) is 0 Å². The van der Waals surface area contributed by atoms with Gasteiger partial charge in [0.05, 0.1) is 6.61 Å². The minimum Gasteiger partial charge on any atom is -0.496 e. The third-order valence-electron chi connectivity index (χ3n) is 2.47. The lowest BCUT2D eigenvalue weighted by Gasteiger charge is -2.16. The Morgan fingerprint density at radius 1 is 1.47 bits per heavy atom. The zero-order valence-electron chi connectivity index (χ0n) is 9.25. The Balaban J connectivity index is 2.18. The molecule has 0 radical (unpaired) electrons. The molecule has 1 aromatic heterocycles. The molecule has 0 amide bonds. The van der Waals surface area contributed by atoms with Gasteiger partial charge in [-0.1, -0.05) is 6.92 Å². The fourth-order valence-electron chi connectivity index (χ4n) is 1.79. The van der Waals surface area contributed by atoms with E-state index in [-0.39, 0.29) is 6.04 Å². The minimum atomic E-state index is 0.0752. The van der Waals surface area contributed by atoms with Crippen LogP contribution in [-0.4, -0.2) is 13.2 Å². The van der Waals surface area contributed by atoms with Crippen molar-refractivity contribution in [3.05, 3.63) is 35.5 Å². The molecular formula is C12H17NO2. The van der Waals surface area contributed by atoms with Gasteiger partial charge in [0.2, 0.25) is 0 Å². The molecule has 2 heterocycles. The van der Waals surface area contributed by atoms with E-state index in [1.165, 1.54) is 0 Å². The first-order chi connectivity index (χ1) is 7.31. The Kier molecular flexibility index (Phi) is 3.11. The number of nitrogens with one attached hydrogen (secondary N) is 1. The molecule has 1 unspecified atom stereocenters. The first kappa shape index (κ1) is 10.3. The molecule has 0 aromatic carbocycles. The molecule has 0 spiro atoms. The summed E-state index contributed by atoms with van der Waals surface area (Å²) >= 11 is 0. The second-order valence-corrected chi connectivity index (χ2v) is 3.68. The van der Waals surface area contributed by atoms with Crippen molar-refractivity contribution in [3.63, 3.8) is 0 Å². The van der Waals surface area contributed by atoms with Crippen LogP contribution in [0.1, 0.15) is 30.9 Å². The monoisotopic (exact) mass is 207 g/mol. The van der Waals surface area contributed by atoms with Gasteiger partial charge in [0, 0.05) is 6.42 Å². The maximum absolute atomic E-state index is 5.63. The second kappa shape index (κ2) is 4.53. The summed E-state index contributed by atoms with van der Waals surface area (Å²) in [5, 5.41) is 3.37. The van der Waals surface area contributed by atoms with E-state index in [2.05, 4.69) is 18.3 Å². The molecule has 0 aliphatic carbocycles. The van der Waals surface area contributed by atoms with Crippen LogP contribution >= 0.6 is 0 Å². The quantitative estimate of drug-likeness (QED) is 0.823. The highest BCUT2D eigenvalue weighted by Crippen LogP contribution is 2.27. The zero-order chi connectivity index (χ0) is 10.7. The Morgan fingerprint density at radius 3 is 2.87 bits per heavy atom. The topological polar surface area (TPSA) is 34.4 Å². The van der Waals surface area contributed by atoms with Gasteiger partial charge >= 0.3 is 0 Å². The fraction of sp³-hybridized carbons (Fsp3) is 0.500. The lowest BCUT2D eigenvalue weighted by molar-refractivity contribution is 0.207. The molecule has 1 atom stereocenters. The maximum Gasteiger partial charge on any atom is 0.128 e. The second-order valence-electron chi connectivity index (χ2n) is 3.68. The van der Waals surface area contributed by atoms with Gasteiger partial charge in [0.15, 0.2) is 0 Å². The van der Waals surface area contributed by atoms with E-state index < -0.39 is 0 Å². The van der Waals surface area contributed by atoms with E-state index in [0.29, 0.717) is 0 Å². The largest absolute Gasteiger partial charge is 0.496 e. The van der Waals surface area contributed by atoms with Crippen molar-refractivity contribution in [2.24, 2.45) is 0 Å². The molecule has 1 aliphatic heterocycles. The third kappa shape index (κ3) is 2.23. The molecule has 82 valence electrons. The van der Waals surface area contributed by atoms with Crippen LogP contribution < -0.4 is 5.32 Å². The van der Waals surface area contributed by atoms with Crippen LogP contribution in [0.4, 0.5) is 0 Å². The zero-order valence-corrected chi connectivity index (χ0v) is 9.25. The molecule has 3 nitrogen and oxygen atoms in total. The van der Waals surface area contributed by atoms with Crippen molar-refractivity contribution in [2.75, 3.05) is 13.2 Å². The normalized spacial score (nSPS) is 17.3.